The molecule has 1 aliphatic heterocycles. The van der Waals surface area contributed by atoms with Gasteiger partial charge in [-0.25, -0.2) is 4.98 Å². The summed E-state index contributed by atoms with van der Waals surface area (Å²) in [7, 11) is 0. The number of aromatic amines is 1. The van der Waals surface area contributed by atoms with Crippen LogP contribution in [0.4, 0.5) is 5.82 Å². The van der Waals surface area contributed by atoms with Gasteiger partial charge in [0, 0.05) is 24.7 Å². The van der Waals surface area contributed by atoms with Crippen LogP contribution < -0.4 is 15.0 Å². The fourth-order valence-corrected chi connectivity index (χ4v) is 3.16. The third-order valence-corrected chi connectivity index (χ3v) is 4.67. The number of aromatic nitrogens is 4. The number of amides is 1. The van der Waals surface area contributed by atoms with Gasteiger partial charge >= 0.3 is 0 Å². The number of H-pyrrole nitrogens is 1. The Kier molecular flexibility index (Phi) is 6.19. The molecule has 0 bridgehead atoms. The number of aryl methyl sites for hydroxylation is 1. The van der Waals surface area contributed by atoms with Gasteiger partial charge in [-0.2, -0.15) is 10.1 Å². The van der Waals surface area contributed by atoms with Crippen molar-refractivity contribution in [2.75, 3.05) is 44.4 Å². The molecule has 0 unspecified atom stereocenters. The van der Waals surface area contributed by atoms with E-state index >= 15 is 0 Å². The summed E-state index contributed by atoms with van der Waals surface area (Å²) >= 11 is 0. The average molecular weight is 408 g/mol. The molecule has 0 radical (unpaired) electrons. The van der Waals surface area contributed by atoms with Crippen molar-refractivity contribution in [3.63, 3.8) is 0 Å². The SMILES string of the molecule is Cc1nc(OCCNC(=O)c2cc(-c3ccccc3)n[nH]2)cc(N2CCOCC2)n1. The van der Waals surface area contributed by atoms with Crippen LogP contribution in [-0.4, -0.2) is 65.5 Å². The molecule has 2 aromatic heterocycles. The van der Waals surface area contributed by atoms with Crippen molar-refractivity contribution in [2.45, 2.75) is 6.92 Å². The van der Waals surface area contributed by atoms with Crippen molar-refractivity contribution >= 4 is 11.7 Å². The van der Waals surface area contributed by atoms with E-state index in [2.05, 4.69) is 30.4 Å². The van der Waals surface area contributed by atoms with E-state index in [0.717, 1.165) is 30.2 Å². The lowest BCUT2D eigenvalue weighted by Gasteiger charge is -2.28. The molecule has 1 fully saturated rings. The van der Waals surface area contributed by atoms with Crippen molar-refractivity contribution in [1.82, 2.24) is 25.5 Å². The number of rotatable bonds is 7. The third kappa shape index (κ3) is 4.93. The maximum atomic E-state index is 12.3. The lowest BCUT2D eigenvalue weighted by atomic mass is 10.1. The Morgan fingerprint density at radius 3 is 2.80 bits per heavy atom. The normalized spacial score (nSPS) is 13.8. The molecule has 1 aromatic carbocycles. The molecule has 0 spiro atoms. The molecule has 1 amide bonds. The van der Waals surface area contributed by atoms with Crippen LogP contribution in [0.25, 0.3) is 11.3 Å². The van der Waals surface area contributed by atoms with E-state index in [0.29, 0.717) is 43.8 Å². The zero-order valence-electron chi connectivity index (χ0n) is 16.8. The van der Waals surface area contributed by atoms with E-state index in [1.54, 1.807) is 6.07 Å². The minimum Gasteiger partial charge on any atom is -0.476 e. The Labute approximate surface area is 174 Å². The molecule has 30 heavy (non-hydrogen) atoms. The summed E-state index contributed by atoms with van der Waals surface area (Å²) in [6, 6.07) is 13.2. The van der Waals surface area contributed by atoms with Gasteiger partial charge in [-0.3, -0.25) is 9.89 Å². The smallest absolute Gasteiger partial charge is 0.269 e. The lowest BCUT2D eigenvalue weighted by molar-refractivity contribution is 0.0941. The molecule has 9 nitrogen and oxygen atoms in total. The van der Waals surface area contributed by atoms with Crippen LogP contribution in [0.1, 0.15) is 16.3 Å². The largest absolute Gasteiger partial charge is 0.476 e. The molecule has 4 rings (SSSR count). The zero-order valence-corrected chi connectivity index (χ0v) is 16.8. The molecule has 1 aliphatic rings. The summed E-state index contributed by atoms with van der Waals surface area (Å²) in [5.74, 6) is 1.73. The number of morpholine rings is 1. The molecule has 0 saturated carbocycles. The molecule has 9 heteroatoms. The van der Waals surface area contributed by atoms with Gasteiger partial charge in [-0.1, -0.05) is 30.3 Å². The van der Waals surface area contributed by atoms with Crippen LogP contribution >= 0.6 is 0 Å². The van der Waals surface area contributed by atoms with Crippen LogP contribution in [0.15, 0.2) is 42.5 Å². The van der Waals surface area contributed by atoms with Gasteiger partial charge in [-0.05, 0) is 13.0 Å². The highest BCUT2D eigenvalue weighted by Crippen LogP contribution is 2.19. The van der Waals surface area contributed by atoms with Gasteiger partial charge in [0.1, 0.15) is 23.9 Å². The van der Waals surface area contributed by atoms with Gasteiger partial charge < -0.3 is 19.7 Å². The number of hydrogen-bond acceptors (Lipinski definition) is 7. The second kappa shape index (κ2) is 9.36. The predicted molar refractivity (Wildman–Crippen MR) is 112 cm³/mol. The van der Waals surface area contributed by atoms with Crippen LogP contribution in [0.5, 0.6) is 5.88 Å². The summed E-state index contributed by atoms with van der Waals surface area (Å²) in [5, 5.41) is 9.80. The first kappa shape index (κ1) is 19.8. The predicted octanol–water partition coefficient (Wildman–Crippen LogP) is 1.82. The second-order valence-corrected chi connectivity index (χ2v) is 6.85. The first-order chi connectivity index (χ1) is 14.7. The molecule has 0 atom stereocenters. The highest BCUT2D eigenvalue weighted by molar-refractivity contribution is 5.93. The first-order valence-corrected chi connectivity index (χ1v) is 9.89. The fourth-order valence-electron chi connectivity index (χ4n) is 3.16. The van der Waals surface area contributed by atoms with E-state index in [9.17, 15) is 4.79 Å². The molecule has 1 saturated heterocycles. The highest BCUT2D eigenvalue weighted by atomic mass is 16.5. The second-order valence-electron chi connectivity index (χ2n) is 6.85. The first-order valence-electron chi connectivity index (χ1n) is 9.89. The molecular formula is C21H24N6O3. The number of ether oxygens (including phenoxy) is 2. The van der Waals surface area contributed by atoms with Gasteiger partial charge in [-0.15, -0.1) is 0 Å². The van der Waals surface area contributed by atoms with Crippen molar-refractivity contribution in [2.24, 2.45) is 0 Å². The standard InChI is InChI=1S/C21H24N6O3/c1-15-23-19(27-8-11-29-12-9-27)14-20(24-15)30-10-7-22-21(28)18-13-17(25-26-18)16-5-3-2-4-6-16/h2-6,13-14H,7-12H2,1H3,(H,22,28)(H,25,26). The summed E-state index contributed by atoms with van der Waals surface area (Å²) in [5.41, 5.74) is 2.08. The molecule has 0 aliphatic carbocycles. The van der Waals surface area contributed by atoms with Crippen molar-refractivity contribution in [1.29, 1.82) is 0 Å². The summed E-state index contributed by atoms with van der Waals surface area (Å²) in [4.78, 5) is 23.3. The molecule has 3 aromatic rings. The Morgan fingerprint density at radius 1 is 1.20 bits per heavy atom. The zero-order chi connectivity index (χ0) is 20.8. The average Bonchev–Trinajstić information content (AvgIpc) is 3.28. The molecule has 156 valence electrons. The number of nitrogens with zero attached hydrogens (tertiary/aromatic N) is 4. The number of carbonyl (C=O) groups is 1. The number of hydrogen-bond donors (Lipinski definition) is 2. The maximum absolute atomic E-state index is 12.3. The van der Waals surface area contributed by atoms with Gasteiger partial charge in [0.15, 0.2) is 0 Å². The van der Waals surface area contributed by atoms with Gasteiger partial charge in [0.25, 0.3) is 5.91 Å². The van der Waals surface area contributed by atoms with Gasteiger partial charge in [0.05, 0.1) is 25.5 Å². The number of nitrogens with one attached hydrogen (secondary N) is 2. The quantitative estimate of drug-likeness (QED) is 0.575. The van der Waals surface area contributed by atoms with E-state index in [-0.39, 0.29) is 5.91 Å². The Hall–Kier alpha value is -3.46. The van der Waals surface area contributed by atoms with E-state index < -0.39 is 0 Å². The van der Waals surface area contributed by atoms with E-state index in [1.807, 2.05) is 43.3 Å². The van der Waals surface area contributed by atoms with E-state index in [4.69, 9.17) is 9.47 Å². The summed E-state index contributed by atoms with van der Waals surface area (Å²) in [6.07, 6.45) is 0. The summed E-state index contributed by atoms with van der Waals surface area (Å²) in [6.45, 7) is 5.43. The Bertz CT molecular complexity index is 985. The van der Waals surface area contributed by atoms with Crippen molar-refractivity contribution in [3.05, 3.63) is 54.0 Å². The molecule has 3 heterocycles. The number of carbonyl (C=O) groups excluding carboxylic acids is 1. The van der Waals surface area contributed by atoms with Gasteiger partial charge in [0.2, 0.25) is 5.88 Å². The minimum atomic E-state index is -0.235. The highest BCUT2D eigenvalue weighted by Gasteiger charge is 2.15. The van der Waals surface area contributed by atoms with Crippen molar-refractivity contribution in [3.8, 4) is 17.1 Å². The minimum absolute atomic E-state index is 0.235. The van der Waals surface area contributed by atoms with Crippen LogP contribution in [-0.2, 0) is 4.74 Å². The van der Waals surface area contributed by atoms with Crippen molar-refractivity contribution < 1.29 is 14.3 Å². The van der Waals surface area contributed by atoms with Crippen LogP contribution in [0.2, 0.25) is 0 Å². The molecular weight excluding hydrogens is 384 g/mol. The Balaban J connectivity index is 1.28. The maximum Gasteiger partial charge on any atom is 0.269 e. The monoisotopic (exact) mass is 408 g/mol. The van der Waals surface area contributed by atoms with Crippen LogP contribution in [0, 0.1) is 6.92 Å². The Morgan fingerprint density at radius 2 is 2.00 bits per heavy atom. The molecule has 2 N–H and O–H groups in total. The number of benzene rings is 1. The third-order valence-electron chi connectivity index (χ3n) is 4.67. The van der Waals surface area contributed by atoms with Crippen LogP contribution in [0.3, 0.4) is 0 Å². The summed E-state index contributed by atoms with van der Waals surface area (Å²) < 4.78 is 11.1. The fraction of sp³-hybridized carbons (Fsp3) is 0.333. The topological polar surface area (TPSA) is 105 Å². The lowest BCUT2D eigenvalue weighted by Crippen LogP contribution is -2.37. The van der Waals surface area contributed by atoms with E-state index in [1.165, 1.54) is 0 Å². The number of anilines is 1.